The van der Waals surface area contributed by atoms with Crippen LogP contribution in [0, 0.1) is 11.8 Å². The lowest BCUT2D eigenvalue weighted by atomic mass is 9.98. The van der Waals surface area contributed by atoms with Gasteiger partial charge in [-0.15, -0.1) is 11.8 Å². The molecule has 1 aromatic carbocycles. The van der Waals surface area contributed by atoms with E-state index in [4.69, 9.17) is 17.3 Å². The van der Waals surface area contributed by atoms with Gasteiger partial charge in [0.25, 0.3) is 0 Å². The minimum absolute atomic E-state index is 0.0276. The van der Waals surface area contributed by atoms with E-state index in [0.29, 0.717) is 33.9 Å². The Morgan fingerprint density at radius 1 is 1.17 bits per heavy atom. The van der Waals surface area contributed by atoms with Crippen molar-refractivity contribution in [3.63, 3.8) is 0 Å². The van der Waals surface area contributed by atoms with Gasteiger partial charge in [0, 0.05) is 29.7 Å². The summed E-state index contributed by atoms with van der Waals surface area (Å²) in [5.74, 6) is 1.87. The molecule has 3 atom stereocenters. The highest BCUT2D eigenvalue weighted by atomic mass is 35.5. The fourth-order valence-electron chi connectivity index (χ4n) is 3.55. The molecule has 1 saturated carbocycles. The van der Waals surface area contributed by atoms with Crippen LogP contribution in [0.25, 0.3) is 0 Å². The Morgan fingerprint density at radius 3 is 2.61 bits per heavy atom. The molecule has 0 spiro atoms. The number of Topliss-reactive ketones (excluding diaryl/α,β-unsaturated/α-hetero) is 1. The van der Waals surface area contributed by atoms with Crippen LogP contribution in [0.4, 0.5) is 0 Å². The van der Waals surface area contributed by atoms with Crippen molar-refractivity contribution >= 4 is 35.1 Å². The molecule has 1 heterocycles. The van der Waals surface area contributed by atoms with E-state index in [2.05, 4.69) is 0 Å². The van der Waals surface area contributed by atoms with Crippen molar-refractivity contribution in [2.45, 2.75) is 18.9 Å². The second-order valence-electron chi connectivity index (χ2n) is 6.39. The number of hydrogen-bond donors (Lipinski definition) is 1. The molecule has 1 amide bonds. The monoisotopic (exact) mass is 352 g/mol. The van der Waals surface area contributed by atoms with Crippen molar-refractivity contribution in [3.8, 4) is 0 Å². The predicted octanol–water partition coefficient (Wildman–Crippen LogP) is 2.45. The third-order valence-electron chi connectivity index (χ3n) is 4.89. The Balaban J connectivity index is 1.43. The molecule has 0 aromatic heterocycles. The number of thioether (sulfide) groups is 1. The van der Waals surface area contributed by atoms with Gasteiger partial charge in [-0.2, -0.15) is 0 Å². The molecule has 0 bridgehead atoms. The van der Waals surface area contributed by atoms with Crippen LogP contribution in [0.1, 0.15) is 23.2 Å². The molecule has 2 aliphatic rings. The summed E-state index contributed by atoms with van der Waals surface area (Å²) in [5, 5.41) is 0.613. The minimum Gasteiger partial charge on any atom is -0.341 e. The van der Waals surface area contributed by atoms with Crippen molar-refractivity contribution in [3.05, 3.63) is 34.9 Å². The molecular weight excluding hydrogens is 332 g/mol. The third-order valence-corrected chi connectivity index (χ3v) is 6.06. The van der Waals surface area contributed by atoms with Gasteiger partial charge in [0.15, 0.2) is 5.78 Å². The summed E-state index contributed by atoms with van der Waals surface area (Å²) in [6.07, 6.45) is 2.22. The summed E-state index contributed by atoms with van der Waals surface area (Å²) in [7, 11) is 0. The van der Waals surface area contributed by atoms with E-state index in [1.165, 1.54) is 11.8 Å². The molecule has 2 fully saturated rings. The van der Waals surface area contributed by atoms with Gasteiger partial charge >= 0.3 is 0 Å². The van der Waals surface area contributed by atoms with Gasteiger partial charge in [-0.25, -0.2) is 0 Å². The minimum atomic E-state index is 0.0276. The van der Waals surface area contributed by atoms with Gasteiger partial charge in [-0.3, -0.25) is 9.59 Å². The molecule has 1 aliphatic carbocycles. The number of benzene rings is 1. The standard InChI is InChI=1S/C17H21ClN2O2S/c18-13-4-1-11(2-5-13)16(21)9-23-10-17(22)20-7-12-3-6-15(19)14(12)8-20/h1-2,4-5,12,14-15H,3,6-10,19H2. The largest absolute Gasteiger partial charge is 0.341 e. The number of likely N-dealkylation sites (tertiary alicyclic amines) is 1. The van der Waals surface area contributed by atoms with Crippen molar-refractivity contribution in [2.75, 3.05) is 24.6 Å². The first-order valence-electron chi connectivity index (χ1n) is 7.94. The first kappa shape index (κ1) is 16.8. The van der Waals surface area contributed by atoms with Crippen LogP contribution in [0.3, 0.4) is 0 Å². The topological polar surface area (TPSA) is 63.4 Å². The first-order chi connectivity index (χ1) is 11.0. The summed E-state index contributed by atoms with van der Waals surface area (Å²) in [4.78, 5) is 26.3. The van der Waals surface area contributed by atoms with Crippen LogP contribution in [-0.2, 0) is 4.79 Å². The number of ketones is 1. The molecular formula is C17H21ClN2O2S. The zero-order valence-corrected chi connectivity index (χ0v) is 14.5. The highest BCUT2D eigenvalue weighted by Gasteiger charge is 2.42. The molecule has 3 rings (SSSR count). The van der Waals surface area contributed by atoms with Crippen LogP contribution in [0.2, 0.25) is 5.02 Å². The summed E-state index contributed by atoms with van der Waals surface area (Å²) in [6, 6.07) is 7.09. The summed E-state index contributed by atoms with van der Waals surface area (Å²) < 4.78 is 0. The SMILES string of the molecule is NC1CCC2CN(C(=O)CSCC(=O)c3ccc(Cl)cc3)CC12. The van der Waals surface area contributed by atoms with Gasteiger partial charge < -0.3 is 10.6 Å². The summed E-state index contributed by atoms with van der Waals surface area (Å²) in [6.45, 7) is 1.62. The maximum Gasteiger partial charge on any atom is 0.232 e. The maximum absolute atomic E-state index is 12.3. The van der Waals surface area contributed by atoms with E-state index < -0.39 is 0 Å². The predicted molar refractivity (Wildman–Crippen MR) is 93.9 cm³/mol. The van der Waals surface area contributed by atoms with Crippen molar-refractivity contribution in [2.24, 2.45) is 17.6 Å². The zero-order chi connectivity index (χ0) is 16.4. The normalized spacial score (nSPS) is 26.3. The van der Waals surface area contributed by atoms with Gasteiger partial charge in [-0.1, -0.05) is 11.6 Å². The maximum atomic E-state index is 12.3. The molecule has 1 saturated heterocycles. The lowest BCUT2D eigenvalue weighted by Gasteiger charge is -2.18. The van der Waals surface area contributed by atoms with E-state index in [1.807, 2.05) is 4.90 Å². The molecule has 124 valence electrons. The third kappa shape index (κ3) is 3.90. The molecule has 1 aliphatic heterocycles. The Bertz CT molecular complexity index is 593. The molecule has 6 heteroatoms. The Kier molecular flexibility index (Phi) is 5.29. The van der Waals surface area contributed by atoms with Gasteiger partial charge in [0.2, 0.25) is 5.91 Å². The number of carbonyl (C=O) groups is 2. The number of halogens is 1. The van der Waals surface area contributed by atoms with Gasteiger partial charge in [0.05, 0.1) is 11.5 Å². The lowest BCUT2D eigenvalue weighted by molar-refractivity contribution is -0.127. The van der Waals surface area contributed by atoms with E-state index in [9.17, 15) is 9.59 Å². The number of nitrogens with two attached hydrogens (primary N) is 1. The average Bonchev–Trinajstić information content (AvgIpc) is 3.10. The fourth-order valence-corrected chi connectivity index (χ4v) is 4.49. The van der Waals surface area contributed by atoms with Crippen LogP contribution >= 0.6 is 23.4 Å². The Hall–Kier alpha value is -1.04. The Morgan fingerprint density at radius 2 is 1.91 bits per heavy atom. The highest BCUT2D eigenvalue weighted by Crippen LogP contribution is 2.37. The number of fused-ring (bicyclic) bond motifs is 1. The molecule has 2 N–H and O–H groups in total. The molecule has 23 heavy (non-hydrogen) atoms. The van der Waals surface area contributed by atoms with Crippen molar-refractivity contribution in [1.29, 1.82) is 0 Å². The van der Waals surface area contributed by atoms with E-state index in [-0.39, 0.29) is 17.7 Å². The summed E-state index contributed by atoms with van der Waals surface area (Å²) in [5.41, 5.74) is 6.74. The van der Waals surface area contributed by atoms with Gasteiger partial charge in [0.1, 0.15) is 0 Å². The second-order valence-corrected chi connectivity index (χ2v) is 7.81. The van der Waals surface area contributed by atoms with E-state index in [1.54, 1.807) is 24.3 Å². The number of hydrogen-bond acceptors (Lipinski definition) is 4. The molecule has 4 nitrogen and oxygen atoms in total. The molecule has 3 unspecified atom stereocenters. The molecule has 1 aromatic rings. The zero-order valence-electron chi connectivity index (χ0n) is 12.9. The average molecular weight is 353 g/mol. The molecule has 0 radical (unpaired) electrons. The van der Waals surface area contributed by atoms with Crippen molar-refractivity contribution in [1.82, 2.24) is 4.90 Å². The smallest absolute Gasteiger partial charge is 0.232 e. The van der Waals surface area contributed by atoms with Crippen LogP contribution < -0.4 is 5.73 Å². The van der Waals surface area contributed by atoms with E-state index >= 15 is 0 Å². The van der Waals surface area contributed by atoms with E-state index in [0.717, 1.165) is 25.9 Å². The quantitative estimate of drug-likeness (QED) is 0.827. The van der Waals surface area contributed by atoms with Gasteiger partial charge in [-0.05, 0) is 48.9 Å². The summed E-state index contributed by atoms with van der Waals surface area (Å²) >= 11 is 7.19. The highest BCUT2D eigenvalue weighted by molar-refractivity contribution is 8.00. The number of carbonyl (C=O) groups excluding carboxylic acids is 2. The number of amides is 1. The Labute approximate surface area is 145 Å². The van der Waals surface area contributed by atoms with Crippen LogP contribution in [0.5, 0.6) is 0 Å². The number of rotatable bonds is 5. The van der Waals surface area contributed by atoms with Crippen molar-refractivity contribution < 1.29 is 9.59 Å². The number of nitrogens with zero attached hydrogens (tertiary/aromatic N) is 1. The lowest BCUT2D eigenvalue weighted by Crippen LogP contribution is -2.34. The van der Waals surface area contributed by atoms with Crippen LogP contribution in [0.15, 0.2) is 24.3 Å². The fraction of sp³-hybridized carbons (Fsp3) is 0.529. The first-order valence-corrected chi connectivity index (χ1v) is 9.47. The second kappa shape index (κ2) is 7.24. The van der Waals surface area contributed by atoms with Crippen LogP contribution in [-0.4, -0.2) is 47.2 Å².